The lowest BCUT2D eigenvalue weighted by atomic mass is 9.94. The molecule has 1 fully saturated rings. The number of hydrogen-bond acceptors (Lipinski definition) is 7. The van der Waals surface area contributed by atoms with Crippen molar-refractivity contribution in [3.05, 3.63) is 54.6 Å². The first-order valence-corrected chi connectivity index (χ1v) is 14.7. The van der Waals surface area contributed by atoms with Gasteiger partial charge in [0.1, 0.15) is 17.5 Å². The second kappa shape index (κ2) is 10.7. The maximum atomic E-state index is 13.1. The van der Waals surface area contributed by atoms with Crippen molar-refractivity contribution in [1.29, 1.82) is 0 Å². The molecule has 0 aromatic heterocycles. The molecule has 0 spiro atoms. The Balaban J connectivity index is 1.70. The first-order valence-electron chi connectivity index (χ1n) is 11.2. The molecule has 2 aromatic rings. The van der Waals surface area contributed by atoms with Crippen molar-refractivity contribution < 1.29 is 31.2 Å². The summed E-state index contributed by atoms with van der Waals surface area (Å²) in [6.45, 7) is 5.28. The topological polar surface area (TPSA) is 119 Å². The number of sulfonamides is 1. The van der Waals surface area contributed by atoms with Crippen LogP contribution in [0.15, 0.2) is 59.5 Å². The smallest absolute Gasteiger partial charge is 0.261 e. The van der Waals surface area contributed by atoms with Gasteiger partial charge in [0.25, 0.3) is 5.91 Å². The minimum absolute atomic E-state index is 0.0521. The van der Waals surface area contributed by atoms with Crippen molar-refractivity contribution in [2.24, 2.45) is 5.92 Å². The molecule has 0 bridgehead atoms. The molecule has 9 nitrogen and oxygen atoms in total. The number of para-hydroxylation sites is 1. The summed E-state index contributed by atoms with van der Waals surface area (Å²) in [4.78, 5) is 18.2. The number of carbonyl (C=O) groups excluding carboxylic acids is 1. The fourth-order valence-electron chi connectivity index (χ4n) is 3.82. The van der Waals surface area contributed by atoms with E-state index in [0.29, 0.717) is 17.9 Å². The van der Waals surface area contributed by atoms with E-state index in [4.69, 9.17) is 9.57 Å². The monoisotopic (exact) mass is 524 g/mol. The third kappa shape index (κ3) is 7.76. The average Bonchev–Trinajstić information content (AvgIpc) is 2.77. The number of rotatable bonds is 8. The number of hydrogen-bond donors (Lipinski definition) is 1. The predicted octanol–water partition coefficient (Wildman–Crippen LogP) is 3.14. The van der Waals surface area contributed by atoms with Crippen LogP contribution < -0.4 is 10.2 Å². The van der Waals surface area contributed by atoms with Crippen molar-refractivity contribution in [2.45, 2.75) is 50.2 Å². The van der Waals surface area contributed by atoms with Gasteiger partial charge in [0.05, 0.1) is 22.5 Å². The Hall–Kier alpha value is -2.47. The fraction of sp³-hybridized carbons (Fsp3) is 0.458. The van der Waals surface area contributed by atoms with Crippen LogP contribution in [-0.2, 0) is 29.5 Å². The van der Waals surface area contributed by atoms with Gasteiger partial charge in [-0.3, -0.25) is 9.63 Å². The van der Waals surface area contributed by atoms with E-state index < -0.39 is 43.3 Å². The molecule has 0 radical (unpaired) electrons. The standard InChI is InChI=1S/C24H32N2O7S2/c1-24(2,3)33-25-23(27)22-16-18(14-15-26(22)34(4,28)29)17-35(30,31)21-12-10-20(11-13-21)32-19-8-6-5-7-9-19/h5-13,18,22H,14-17H2,1-4H3,(H,25,27). The Morgan fingerprint density at radius 1 is 1.00 bits per heavy atom. The van der Waals surface area contributed by atoms with Gasteiger partial charge in [0.2, 0.25) is 10.0 Å². The van der Waals surface area contributed by atoms with Crippen LogP contribution in [0, 0.1) is 5.92 Å². The number of ether oxygens (including phenoxy) is 1. The number of hydroxylamine groups is 1. The van der Waals surface area contributed by atoms with Crippen LogP contribution in [0.2, 0.25) is 0 Å². The molecule has 1 aliphatic heterocycles. The minimum atomic E-state index is -3.67. The third-order valence-corrected chi connectivity index (χ3v) is 8.65. The molecule has 1 saturated heterocycles. The van der Waals surface area contributed by atoms with Crippen LogP contribution in [0.1, 0.15) is 33.6 Å². The highest BCUT2D eigenvalue weighted by Crippen LogP contribution is 2.29. The lowest BCUT2D eigenvalue weighted by Gasteiger charge is -2.37. The maximum Gasteiger partial charge on any atom is 0.261 e. The Bertz CT molecular complexity index is 1220. The Labute approximate surface area is 207 Å². The molecule has 2 unspecified atom stereocenters. The molecule has 1 amide bonds. The lowest BCUT2D eigenvalue weighted by Crippen LogP contribution is -2.54. The number of piperidine rings is 1. The summed E-state index contributed by atoms with van der Waals surface area (Å²) >= 11 is 0. The summed E-state index contributed by atoms with van der Waals surface area (Å²) in [5.74, 6) is -0.0703. The zero-order valence-corrected chi connectivity index (χ0v) is 21.9. The molecule has 2 aromatic carbocycles. The number of sulfone groups is 1. The molecule has 1 aliphatic rings. The van der Waals surface area contributed by atoms with Crippen molar-refractivity contribution in [3.63, 3.8) is 0 Å². The molecule has 11 heteroatoms. The summed E-state index contributed by atoms with van der Waals surface area (Å²) in [6.07, 6.45) is 1.43. The van der Waals surface area contributed by atoms with Gasteiger partial charge in [-0.1, -0.05) is 18.2 Å². The Kier molecular flexibility index (Phi) is 8.25. The summed E-state index contributed by atoms with van der Waals surface area (Å²) in [5.41, 5.74) is 1.66. The highest BCUT2D eigenvalue weighted by molar-refractivity contribution is 7.91. The van der Waals surface area contributed by atoms with Gasteiger partial charge in [-0.2, -0.15) is 4.31 Å². The van der Waals surface area contributed by atoms with E-state index in [9.17, 15) is 21.6 Å². The molecule has 0 saturated carbocycles. The molecule has 192 valence electrons. The van der Waals surface area contributed by atoms with Gasteiger partial charge in [-0.25, -0.2) is 22.3 Å². The van der Waals surface area contributed by atoms with Crippen LogP contribution in [0.4, 0.5) is 0 Å². The first kappa shape index (κ1) is 27.1. The number of nitrogens with one attached hydrogen (secondary N) is 1. The van der Waals surface area contributed by atoms with Crippen molar-refractivity contribution in [3.8, 4) is 11.5 Å². The van der Waals surface area contributed by atoms with E-state index in [-0.39, 0.29) is 23.6 Å². The van der Waals surface area contributed by atoms with Crippen molar-refractivity contribution in [1.82, 2.24) is 9.79 Å². The van der Waals surface area contributed by atoms with E-state index >= 15 is 0 Å². The van der Waals surface area contributed by atoms with E-state index in [1.54, 1.807) is 45.0 Å². The second-order valence-electron chi connectivity index (χ2n) is 9.63. The van der Waals surface area contributed by atoms with Gasteiger partial charge in [0, 0.05) is 6.54 Å². The Morgan fingerprint density at radius 3 is 2.17 bits per heavy atom. The highest BCUT2D eigenvalue weighted by atomic mass is 32.2. The van der Waals surface area contributed by atoms with Crippen molar-refractivity contribution in [2.75, 3.05) is 18.6 Å². The van der Waals surface area contributed by atoms with Crippen molar-refractivity contribution >= 4 is 25.8 Å². The predicted molar refractivity (Wildman–Crippen MR) is 132 cm³/mol. The molecule has 1 heterocycles. The summed E-state index contributed by atoms with van der Waals surface area (Å²) in [5, 5.41) is 0. The van der Waals surface area contributed by atoms with Crippen LogP contribution in [0.5, 0.6) is 11.5 Å². The summed E-state index contributed by atoms with van der Waals surface area (Å²) < 4.78 is 57.5. The van der Waals surface area contributed by atoms with E-state index in [1.807, 2.05) is 18.2 Å². The van der Waals surface area contributed by atoms with Gasteiger partial charge >= 0.3 is 0 Å². The number of carbonyl (C=O) groups is 1. The molecule has 3 rings (SSSR count). The summed E-state index contributed by atoms with van der Waals surface area (Å²) in [6, 6.07) is 14.2. The molecule has 0 aliphatic carbocycles. The van der Waals surface area contributed by atoms with Gasteiger partial charge < -0.3 is 4.74 Å². The molecule has 1 N–H and O–H groups in total. The maximum absolute atomic E-state index is 13.1. The lowest BCUT2D eigenvalue weighted by molar-refractivity contribution is -0.150. The molecule has 35 heavy (non-hydrogen) atoms. The second-order valence-corrected chi connectivity index (χ2v) is 13.6. The number of benzene rings is 2. The first-order chi connectivity index (χ1) is 16.2. The largest absolute Gasteiger partial charge is 0.457 e. The van der Waals surface area contributed by atoms with Gasteiger partial charge in [0.15, 0.2) is 9.84 Å². The van der Waals surface area contributed by atoms with E-state index in [2.05, 4.69) is 5.48 Å². The van der Waals surface area contributed by atoms with Gasteiger partial charge in [-0.05, 0) is 75.9 Å². The normalized spacial score (nSPS) is 19.8. The minimum Gasteiger partial charge on any atom is -0.457 e. The average molecular weight is 525 g/mol. The Morgan fingerprint density at radius 2 is 1.60 bits per heavy atom. The van der Waals surface area contributed by atoms with E-state index in [0.717, 1.165) is 10.6 Å². The molecular formula is C24H32N2O7S2. The fourth-order valence-corrected chi connectivity index (χ4v) is 6.57. The number of amides is 1. The zero-order chi connectivity index (χ0) is 25.9. The quantitative estimate of drug-likeness (QED) is 0.527. The SMILES string of the molecule is CC(C)(C)ONC(=O)C1CC(CS(=O)(=O)c2ccc(Oc3ccccc3)cc2)CCN1S(C)(=O)=O. The van der Waals surface area contributed by atoms with Gasteiger partial charge in [-0.15, -0.1) is 0 Å². The third-order valence-electron chi connectivity index (χ3n) is 5.47. The molecular weight excluding hydrogens is 492 g/mol. The van der Waals surface area contributed by atoms with Crippen LogP contribution in [-0.4, -0.2) is 57.2 Å². The van der Waals surface area contributed by atoms with E-state index in [1.165, 1.54) is 12.1 Å². The van der Waals surface area contributed by atoms with Crippen LogP contribution in [0.25, 0.3) is 0 Å². The molecule has 2 atom stereocenters. The highest BCUT2D eigenvalue weighted by Gasteiger charge is 2.40. The number of nitrogens with zero attached hydrogens (tertiary/aromatic N) is 1. The van der Waals surface area contributed by atoms with Crippen LogP contribution in [0.3, 0.4) is 0 Å². The zero-order valence-electron chi connectivity index (χ0n) is 20.3. The van der Waals surface area contributed by atoms with Crippen LogP contribution >= 0.6 is 0 Å². The summed E-state index contributed by atoms with van der Waals surface area (Å²) in [7, 11) is -7.34.